The van der Waals surface area contributed by atoms with E-state index in [4.69, 9.17) is 27.4 Å². The molecule has 0 radical (unpaired) electrons. The third-order valence-corrected chi connectivity index (χ3v) is 4.16. The maximum atomic E-state index is 5.77. The summed E-state index contributed by atoms with van der Waals surface area (Å²) in [6, 6.07) is 5.72. The zero-order valence-electron chi connectivity index (χ0n) is 12.1. The lowest BCUT2D eigenvalue weighted by atomic mass is 10.0. The van der Waals surface area contributed by atoms with Gasteiger partial charge in [0, 0.05) is 37.6 Å². The van der Waals surface area contributed by atoms with Crippen LogP contribution in [-0.2, 0) is 4.74 Å². The summed E-state index contributed by atoms with van der Waals surface area (Å²) in [5.41, 5.74) is 7.95. The Labute approximate surface area is 125 Å². The molecule has 0 unspecified atom stereocenters. The molecular weight excluding hydrogens is 272 g/mol. The van der Waals surface area contributed by atoms with Crippen molar-refractivity contribution in [2.45, 2.75) is 19.3 Å². The number of anilines is 1. The minimum Gasteiger partial charge on any atom is -0.497 e. The van der Waals surface area contributed by atoms with Crippen molar-refractivity contribution in [3.05, 3.63) is 23.8 Å². The summed E-state index contributed by atoms with van der Waals surface area (Å²) in [6.07, 6.45) is 3.58. The van der Waals surface area contributed by atoms with Gasteiger partial charge in [0.2, 0.25) is 0 Å². The molecule has 20 heavy (non-hydrogen) atoms. The van der Waals surface area contributed by atoms with Crippen LogP contribution in [0.25, 0.3) is 0 Å². The van der Waals surface area contributed by atoms with Gasteiger partial charge in [0.25, 0.3) is 0 Å². The van der Waals surface area contributed by atoms with E-state index in [0.29, 0.717) is 10.4 Å². The first-order chi connectivity index (χ1) is 9.60. The van der Waals surface area contributed by atoms with Gasteiger partial charge in [0.05, 0.1) is 7.11 Å². The van der Waals surface area contributed by atoms with Gasteiger partial charge in [-0.05, 0) is 36.8 Å². The van der Waals surface area contributed by atoms with E-state index in [1.54, 1.807) is 14.2 Å². The molecule has 2 rings (SSSR count). The first-order valence-corrected chi connectivity index (χ1v) is 7.22. The molecule has 0 saturated heterocycles. The van der Waals surface area contributed by atoms with Crippen LogP contribution in [0.2, 0.25) is 0 Å². The van der Waals surface area contributed by atoms with Crippen molar-refractivity contribution in [3.63, 3.8) is 0 Å². The van der Waals surface area contributed by atoms with Gasteiger partial charge in [0.1, 0.15) is 10.7 Å². The van der Waals surface area contributed by atoms with Gasteiger partial charge in [-0.15, -0.1) is 0 Å². The number of rotatable bonds is 8. The highest BCUT2D eigenvalue weighted by Crippen LogP contribution is 2.48. The fourth-order valence-corrected chi connectivity index (χ4v) is 2.48. The van der Waals surface area contributed by atoms with Gasteiger partial charge >= 0.3 is 0 Å². The Morgan fingerprint density at radius 1 is 1.40 bits per heavy atom. The topological polar surface area (TPSA) is 56.5 Å². The standard InChI is InChI=1S/C15H22N2O2S/c1-18-8-7-15(5-6-15)10-17-13-9-11(19-2)3-4-12(13)14(16)20/h3-4,9,17H,5-8,10H2,1-2H3,(H2,16,20). The van der Waals surface area contributed by atoms with E-state index < -0.39 is 0 Å². The molecule has 0 bridgehead atoms. The van der Waals surface area contributed by atoms with Gasteiger partial charge in [0.15, 0.2) is 0 Å². The summed E-state index contributed by atoms with van der Waals surface area (Å²) in [5.74, 6) is 0.800. The van der Waals surface area contributed by atoms with Crippen LogP contribution in [0.4, 0.5) is 5.69 Å². The molecule has 4 nitrogen and oxygen atoms in total. The van der Waals surface area contributed by atoms with Crippen molar-refractivity contribution >= 4 is 22.9 Å². The lowest BCUT2D eigenvalue weighted by Crippen LogP contribution is -2.20. The van der Waals surface area contributed by atoms with Crippen LogP contribution in [0.3, 0.4) is 0 Å². The average Bonchev–Trinajstić information content (AvgIpc) is 3.23. The Kier molecular flexibility index (Phi) is 4.83. The average molecular weight is 294 g/mol. The maximum absolute atomic E-state index is 5.77. The van der Waals surface area contributed by atoms with E-state index in [1.807, 2.05) is 18.2 Å². The van der Waals surface area contributed by atoms with Crippen molar-refractivity contribution in [2.75, 3.05) is 32.7 Å². The van der Waals surface area contributed by atoms with Gasteiger partial charge < -0.3 is 20.5 Å². The van der Waals surface area contributed by atoms with E-state index in [2.05, 4.69) is 5.32 Å². The summed E-state index contributed by atoms with van der Waals surface area (Å²) < 4.78 is 10.4. The number of hydrogen-bond donors (Lipinski definition) is 2. The molecule has 5 heteroatoms. The van der Waals surface area contributed by atoms with Crippen LogP contribution in [0, 0.1) is 5.41 Å². The van der Waals surface area contributed by atoms with Crippen molar-refractivity contribution in [3.8, 4) is 5.75 Å². The Balaban J connectivity index is 2.06. The molecule has 3 N–H and O–H groups in total. The predicted octanol–water partition coefficient (Wildman–Crippen LogP) is 2.56. The van der Waals surface area contributed by atoms with E-state index >= 15 is 0 Å². The van der Waals surface area contributed by atoms with Gasteiger partial charge in [-0.2, -0.15) is 0 Å². The molecule has 1 aliphatic carbocycles. The van der Waals surface area contributed by atoms with E-state index in [-0.39, 0.29) is 0 Å². The number of thiocarbonyl (C=S) groups is 1. The molecule has 0 aliphatic heterocycles. The first kappa shape index (κ1) is 15.1. The normalized spacial score (nSPS) is 15.7. The summed E-state index contributed by atoms with van der Waals surface area (Å²) in [5, 5.41) is 3.48. The molecule has 110 valence electrons. The van der Waals surface area contributed by atoms with Gasteiger partial charge in [-0.3, -0.25) is 0 Å². The number of ether oxygens (including phenoxy) is 2. The smallest absolute Gasteiger partial charge is 0.120 e. The second kappa shape index (κ2) is 6.41. The minimum absolute atomic E-state index is 0.368. The number of nitrogens with two attached hydrogens (primary N) is 1. The lowest BCUT2D eigenvalue weighted by molar-refractivity contribution is 0.175. The third-order valence-electron chi connectivity index (χ3n) is 3.94. The lowest BCUT2D eigenvalue weighted by Gasteiger charge is -2.18. The highest BCUT2D eigenvalue weighted by Gasteiger charge is 2.41. The second-order valence-electron chi connectivity index (χ2n) is 5.37. The van der Waals surface area contributed by atoms with E-state index in [9.17, 15) is 0 Å². The summed E-state index contributed by atoms with van der Waals surface area (Å²) >= 11 is 5.10. The second-order valence-corrected chi connectivity index (χ2v) is 5.81. The summed E-state index contributed by atoms with van der Waals surface area (Å²) in [4.78, 5) is 0.400. The Morgan fingerprint density at radius 3 is 2.70 bits per heavy atom. The van der Waals surface area contributed by atoms with Crippen molar-refractivity contribution in [2.24, 2.45) is 11.1 Å². The molecule has 0 spiro atoms. The molecule has 1 aromatic carbocycles. The van der Waals surface area contributed by atoms with Crippen LogP contribution >= 0.6 is 12.2 Å². The molecule has 1 saturated carbocycles. The highest BCUT2D eigenvalue weighted by molar-refractivity contribution is 7.80. The van der Waals surface area contributed by atoms with Gasteiger partial charge in [-0.25, -0.2) is 0 Å². The van der Waals surface area contributed by atoms with Crippen molar-refractivity contribution in [1.29, 1.82) is 0 Å². The number of methoxy groups -OCH3 is 2. The number of benzene rings is 1. The van der Waals surface area contributed by atoms with Crippen molar-refractivity contribution in [1.82, 2.24) is 0 Å². The molecule has 1 aliphatic rings. The fourth-order valence-electron chi connectivity index (χ4n) is 2.30. The predicted molar refractivity (Wildman–Crippen MR) is 85.5 cm³/mol. The summed E-state index contributed by atoms with van der Waals surface area (Å²) in [6.45, 7) is 1.72. The maximum Gasteiger partial charge on any atom is 0.120 e. The quantitative estimate of drug-likeness (QED) is 0.722. The van der Waals surface area contributed by atoms with E-state index in [0.717, 1.165) is 36.6 Å². The fraction of sp³-hybridized carbons (Fsp3) is 0.533. The SMILES string of the molecule is COCCC1(CNc2cc(OC)ccc2C(N)=S)CC1. The van der Waals surface area contributed by atoms with Crippen molar-refractivity contribution < 1.29 is 9.47 Å². The Bertz CT molecular complexity index is 487. The molecule has 1 fully saturated rings. The monoisotopic (exact) mass is 294 g/mol. The number of nitrogens with one attached hydrogen (secondary N) is 1. The Hall–Kier alpha value is -1.33. The molecule has 0 heterocycles. The zero-order valence-corrected chi connectivity index (χ0v) is 12.9. The zero-order chi connectivity index (χ0) is 14.6. The highest BCUT2D eigenvalue weighted by atomic mass is 32.1. The van der Waals surface area contributed by atoms with Crippen LogP contribution in [0.5, 0.6) is 5.75 Å². The minimum atomic E-state index is 0.368. The third kappa shape index (κ3) is 3.61. The Morgan fingerprint density at radius 2 is 2.15 bits per heavy atom. The van der Waals surface area contributed by atoms with Crippen LogP contribution in [0.1, 0.15) is 24.8 Å². The number of hydrogen-bond acceptors (Lipinski definition) is 4. The molecule has 0 amide bonds. The van der Waals surface area contributed by atoms with Crippen LogP contribution in [0.15, 0.2) is 18.2 Å². The van der Waals surface area contributed by atoms with E-state index in [1.165, 1.54) is 12.8 Å². The molecular formula is C15H22N2O2S. The van der Waals surface area contributed by atoms with Gasteiger partial charge in [-0.1, -0.05) is 12.2 Å². The van der Waals surface area contributed by atoms with Crippen LogP contribution in [-0.4, -0.2) is 32.4 Å². The molecule has 1 aromatic rings. The largest absolute Gasteiger partial charge is 0.497 e. The van der Waals surface area contributed by atoms with Crippen LogP contribution < -0.4 is 15.8 Å². The molecule has 0 atom stereocenters. The molecule has 0 aromatic heterocycles. The first-order valence-electron chi connectivity index (χ1n) is 6.81. The summed E-state index contributed by atoms with van der Waals surface area (Å²) in [7, 11) is 3.40.